The zero-order chi connectivity index (χ0) is 21.2. The molecule has 0 bridgehead atoms. The summed E-state index contributed by atoms with van der Waals surface area (Å²) in [5, 5.41) is 0.0303. The standard InChI is InChI=1S/C21H15F5O3/c1-2-3-12-4-7-16(17(22)10-12)20(27)28-14-6-8-15-13(11-14)5-9-18(19(15)23)29-21(24,25)26/h4-11H,2-3H2,1H3. The molecule has 152 valence electrons. The van der Waals surface area contributed by atoms with Crippen molar-refractivity contribution in [2.45, 2.75) is 26.1 Å². The smallest absolute Gasteiger partial charge is 0.423 e. The number of aryl methyl sites for hydroxylation is 1. The molecule has 0 radical (unpaired) electrons. The van der Waals surface area contributed by atoms with Crippen molar-refractivity contribution in [3.63, 3.8) is 0 Å². The summed E-state index contributed by atoms with van der Waals surface area (Å²) in [7, 11) is 0. The van der Waals surface area contributed by atoms with Crippen molar-refractivity contribution in [3.8, 4) is 11.5 Å². The first-order chi connectivity index (χ1) is 13.7. The molecule has 0 atom stereocenters. The Labute approximate surface area is 162 Å². The van der Waals surface area contributed by atoms with Gasteiger partial charge in [-0.15, -0.1) is 13.2 Å². The number of ether oxygens (including phenoxy) is 2. The van der Waals surface area contributed by atoms with Crippen LogP contribution in [-0.2, 0) is 6.42 Å². The lowest BCUT2D eigenvalue weighted by atomic mass is 10.1. The molecule has 0 spiro atoms. The Morgan fingerprint density at radius 1 is 1.00 bits per heavy atom. The molecule has 3 aromatic carbocycles. The maximum absolute atomic E-state index is 14.2. The number of alkyl halides is 3. The number of benzene rings is 3. The molecule has 0 heterocycles. The second kappa shape index (κ2) is 8.06. The van der Waals surface area contributed by atoms with Gasteiger partial charge in [0.15, 0.2) is 11.6 Å². The van der Waals surface area contributed by atoms with E-state index in [1.54, 1.807) is 6.07 Å². The third kappa shape index (κ3) is 4.82. The largest absolute Gasteiger partial charge is 0.573 e. The topological polar surface area (TPSA) is 35.5 Å². The predicted octanol–water partition coefficient (Wildman–Crippen LogP) is 6.19. The Bertz CT molecular complexity index is 1060. The van der Waals surface area contributed by atoms with Crippen molar-refractivity contribution in [2.24, 2.45) is 0 Å². The molecule has 0 amide bonds. The van der Waals surface area contributed by atoms with Crippen molar-refractivity contribution in [3.05, 3.63) is 71.3 Å². The summed E-state index contributed by atoms with van der Waals surface area (Å²) in [6.07, 6.45) is -3.53. The van der Waals surface area contributed by atoms with E-state index >= 15 is 0 Å². The number of rotatable bonds is 5. The van der Waals surface area contributed by atoms with Gasteiger partial charge in [-0.2, -0.15) is 0 Å². The molecule has 0 saturated heterocycles. The van der Waals surface area contributed by atoms with Crippen LogP contribution in [-0.4, -0.2) is 12.3 Å². The van der Waals surface area contributed by atoms with E-state index in [0.29, 0.717) is 6.42 Å². The predicted molar refractivity (Wildman–Crippen MR) is 95.9 cm³/mol. The monoisotopic (exact) mass is 410 g/mol. The summed E-state index contributed by atoms with van der Waals surface area (Å²) in [5.41, 5.74) is 0.490. The van der Waals surface area contributed by atoms with Gasteiger partial charge in [0, 0.05) is 5.39 Å². The Hall–Kier alpha value is -3.16. The van der Waals surface area contributed by atoms with Gasteiger partial charge in [0.1, 0.15) is 11.6 Å². The average Bonchev–Trinajstić information content (AvgIpc) is 2.63. The molecule has 0 fully saturated rings. The molecule has 0 N–H and O–H groups in total. The fourth-order valence-corrected chi connectivity index (χ4v) is 2.85. The zero-order valence-corrected chi connectivity index (χ0v) is 15.1. The van der Waals surface area contributed by atoms with Crippen LogP contribution in [0, 0.1) is 11.6 Å². The van der Waals surface area contributed by atoms with Gasteiger partial charge in [0.25, 0.3) is 0 Å². The highest BCUT2D eigenvalue weighted by molar-refractivity contribution is 5.92. The van der Waals surface area contributed by atoms with E-state index in [4.69, 9.17) is 4.74 Å². The van der Waals surface area contributed by atoms with Crippen molar-refractivity contribution in [1.29, 1.82) is 0 Å². The molecule has 8 heteroatoms. The number of fused-ring (bicyclic) bond motifs is 1. The second-order valence-electron chi connectivity index (χ2n) is 6.26. The van der Waals surface area contributed by atoms with Gasteiger partial charge in [-0.25, -0.2) is 13.6 Å². The number of carbonyl (C=O) groups excluding carboxylic acids is 1. The van der Waals surface area contributed by atoms with Crippen molar-refractivity contribution >= 4 is 16.7 Å². The molecule has 0 aliphatic rings. The Morgan fingerprint density at radius 2 is 1.76 bits per heavy atom. The zero-order valence-electron chi connectivity index (χ0n) is 15.1. The minimum Gasteiger partial charge on any atom is -0.423 e. The van der Waals surface area contributed by atoms with Crippen LogP contribution in [0.4, 0.5) is 22.0 Å². The molecular weight excluding hydrogens is 395 g/mol. The average molecular weight is 410 g/mol. The van der Waals surface area contributed by atoms with Gasteiger partial charge in [-0.1, -0.05) is 25.5 Å². The summed E-state index contributed by atoms with van der Waals surface area (Å²) in [5.74, 6) is -3.84. The van der Waals surface area contributed by atoms with E-state index in [9.17, 15) is 26.7 Å². The highest BCUT2D eigenvalue weighted by Crippen LogP contribution is 2.32. The quantitative estimate of drug-likeness (QED) is 0.286. The minimum atomic E-state index is -5.03. The van der Waals surface area contributed by atoms with E-state index in [2.05, 4.69) is 4.74 Å². The van der Waals surface area contributed by atoms with Crippen LogP contribution < -0.4 is 9.47 Å². The minimum absolute atomic E-state index is 0.0107. The summed E-state index contributed by atoms with van der Waals surface area (Å²) < 4.78 is 74.1. The molecule has 3 nitrogen and oxygen atoms in total. The highest BCUT2D eigenvalue weighted by Gasteiger charge is 2.32. The fourth-order valence-electron chi connectivity index (χ4n) is 2.85. The lowest BCUT2D eigenvalue weighted by molar-refractivity contribution is -0.275. The van der Waals surface area contributed by atoms with E-state index < -0.39 is 29.7 Å². The molecule has 0 aliphatic carbocycles. The van der Waals surface area contributed by atoms with Gasteiger partial charge in [0.2, 0.25) is 0 Å². The maximum Gasteiger partial charge on any atom is 0.573 e. The Kier molecular flexibility index (Phi) is 5.72. The molecule has 0 aromatic heterocycles. The van der Waals surface area contributed by atoms with Gasteiger partial charge in [-0.05, 0) is 53.8 Å². The Morgan fingerprint density at radius 3 is 2.41 bits per heavy atom. The summed E-state index contributed by atoms with van der Waals surface area (Å²) >= 11 is 0. The number of halogens is 5. The Balaban J connectivity index is 1.84. The van der Waals surface area contributed by atoms with Crippen LogP contribution in [0.15, 0.2) is 48.5 Å². The van der Waals surface area contributed by atoms with E-state index in [1.807, 2.05) is 6.92 Å². The van der Waals surface area contributed by atoms with Crippen LogP contribution in [0.3, 0.4) is 0 Å². The van der Waals surface area contributed by atoms with Crippen LogP contribution in [0.2, 0.25) is 0 Å². The number of esters is 1. The summed E-state index contributed by atoms with van der Waals surface area (Å²) in [4.78, 5) is 12.2. The van der Waals surface area contributed by atoms with Crippen LogP contribution in [0.1, 0.15) is 29.3 Å². The first-order valence-corrected chi connectivity index (χ1v) is 8.66. The molecule has 3 aromatic rings. The molecule has 0 saturated carbocycles. The fraction of sp³-hybridized carbons (Fsp3) is 0.190. The first kappa shape index (κ1) is 20.6. The van der Waals surface area contributed by atoms with Gasteiger partial charge < -0.3 is 9.47 Å². The number of hydrogen-bond donors (Lipinski definition) is 0. The van der Waals surface area contributed by atoms with E-state index in [-0.39, 0.29) is 22.1 Å². The molecular formula is C21H15F5O3. The van der Waals surface area contributed by atoms with Gasteiger partial charge in [-0.3, -0.25) is 0 Å². The van der Waals surface area contributed by atoms with Gasteiger partial charge >= 0.3 is 12.3 Å². The lowest BCUT2D eigenvalue weighted by Gasteiger charge is -2.12. The molecule has 0 aliphatic heterocycles. The van der Waals surface area contributed by atoms with E-state index in [1.165, 1.54) is 30.3 Å². The third-order valence-corrected chi connectivity index (χ3v) is 4.12. The second-order valence-corrected chi connectivity index (χ2v) is 6.26. The van der Waals surface area contributed by atoms with Crippen molar-refractivity contribution in [2.75, 3.05) is 0 Å². The first-order valence-electron chi connectivity index (χ1n) is 8.66. The summed E-state index contributed by atoms with van der Waals surface area (Å²) in [6.45, 7) is 1.95. The molecule has 3 rings (SSSR count). The van der Waals surface area contributed by atoms with Crippen LogP contribution >= 0.6 is 0 Å². The summed E-state index contributed by atoms with van der Waals surface area (Å²) in [6, 6.07) is 9.83. The van der Waals surface area contributed by atoms with Crippen molar-refractivity contribution in [1.82, 2.24) is 0 Å². The van der Waals surface area contributed by atoms with Crippen molar-refractivity contribution < 1.29 is 36.2 Å². The molecule has 0 unspecified atom stereocenters. The third-order valence-electron chi connectivity index (χ3n) is 4.12. The number of hydrogen-bond acceptors (Lipinski definition) is 3. The maximum atomic E-state index is 14.2. The van der Waals surface area contributed by atoms with Crippen LogP contribution in [0.25, 0.3) is 10.8 Å². The van der Waals surface area contributed by atoms with Crippen LogP contribution in [0.5, 0.6) is 11.5 Å². The van der Waals surface area contributed by atoms with Gasteiger partial charge in [0.05, 0.1) is 5.56 Å². The normalized spacial score (nSPS) is 11.5. The highest BCUT2D eigenvalue weighted by atomic mass is 19.4. The SMILES string of the molecule is CCCc1ccc(C(=O)Oc2ccc3c(F)c(OC(F)(F)F)ccc3c2)c(F)c1. The lowest BCUT2D eigenvalue weighted by Crippen LogP contribution is -2.18. The molecule has 29 heavy (non-hydrogen) atoms. The number of carbonyl (C=O) groups is 1. The van der Waals surface area contributed by atoms with E-state index in [0.717, 1.165) is 24.1 Å².